The number of aromatic nitrogens is 1. The highest BCUT2D eigenvalue weighted by Gasteiger charge is 2.16. The van der Waals surface area contributed by atoms with E-state index in [0.29, 0.717) is 36.6 Å². The van der Waals surface area contributed by atoms with Gasteiger partial charge in [0.1, 0.15) is 11.9 Å². The third kappa shape index (κ3) is 5.81. The van der Waals surface area contributed by atoms with Crippen molar-refractivity contribution in [3.63, 3.8) is 0 Å². The molecule has 2 aromatic heterocycles. The molecule has 28 heavy (non-hydrogen) atoms. The van der Waals surface area contributed by atoms with E-state index in [-0.39, 0.29) is 0 Å². The number of aliphatic hydroxyl groups excluding tert-OH is 1. The number of hydrogen-bond donors (Lipinski definition) is 3. The van der Waals surface area contributed by atoms with E-state index in [1.54, 1.807) is 6.07 Å². The number of aliphatic hydroxyl groups is 1. The molecule has 0 aliphatic carbocycles. The largest absolute Gasteiger partial charge is 0.386 e. The average molecular weight is 424 g/mol. The predicted molar refractivity (Wildman–Crippen MR) is 114 cm³/mol. The van der Waals surface area contributed by atoms with Gasteiger partial charge in [-0.25, -0.2) is 9.98 Å². The topological polar surface area (TPSA) is 82.0 Å². The highest BCUT2D eigenvalue weighted by molar-refractivity contribution is 7.16. The van der Waals surface area contributed by atoms with E-state index in [9.17, 15) is 5.11 Å². The van der Waals surface area contributed by atoms with E-state index in [4.69, 9.17) is 16.3 Å². The minimum Gasteiger partial charge on any atom is -0.386 e. The fourth-order valence-corrected chi connectivity index (χ4v) is 3.97. The van der Waals surface area contributed by atoms with E-state index in [1.165, 1.54) is 11.3 Å². The number of morpholine rings is 1. The molecule has 1 unspecified atom stereocenters. The Labute approximate surface area is 174 Å². The second-order valence-corrected chi connectivity index (χ2v) is 8.07. The van der Waals surface area contributed by atoms with Gasteiger partial charge in [-0.1, -0.05) is 17.7 Å². The fourth-order valence-electron chi connectivity index (χ4n) is 2.92. The lowest BCUT2D eigenvalue weighted by atomic mass is 10.2. The van der Waals surface area contributed by atoms with Crippen LogP contribution in [-0.2, 0) is 11.3 Å². The Hall–Kier alpha value is -1.87. The van der Waals surface area contributed by atoms with Crippen molar-refractivity contribution >= 4 is 34.7 Å². The van der Waals surface area contributed by atoms with Crippen molar-refractivity contribution in [2.75, 3.05) is 44.3 Å². The van der Waals surface area contributed by atoms with Crippen LogP contribution in [0.25, 0.3) is 0 Å². The lowest BCUT2D eigenvalue weighted by Crippen LogP contribution is -2.39. The molecule has 3 N–H and O–H groups in total. The molecule has 9 heteroatoms. The lowest BCUT2D eigenvalue weighted by Gasteiger charge is -2.29. The van der Waals surface area contributed by atoms with Crippen LogP contribution in [0.1, 0.15) is 23.5 Å². The molecule has 0 bridgehead atoms. The first-order valence-corrected chi connectivity index (χ1v) is 10.6. The zero-order valence-electron chi connectivity index (χ0n) is 15.9. The highest BCUT2D eigenvalue weighted by atomic mass is 35.5. The standard InChI is InChI=1S/C19H26ClN5O2S/c1-2-21-19(24-13-15(26)16-5-6-17(20)28-16)23-12-14-4-3-7-22-18(14)25-8-10-27-11-9-25/h3-7,15,26H,2,8-13H2,1H3,(H2,21,23,24). The monoisotopic (exact) mass is 423 g/mol. The number of halogens is 1. The molecule has 0 aromatic carbocycles. The van der Waals surface area contributed by atoms with Crippen molar-refractivity contribution in [1.82, 2.24) is 15.6 Å². The summed E-state index contributed by atoms with van der Waals surface area (Å²) in [6.45, 7) is 6.69. The van der Waals surface area contributed by atoms with Crippen LogP contribution < -0.4 is 15.5 Å². The zero-order valence-corrected chi connectivity index (χ0v) is 17.5. The minimum absolute atomic E-state index is 0.353. The van der Waals surface area contributed by atoms with E-state index in [1.807, 2.05) is 31.3 Å². The van der Waals surface area contributed by atoms with Gasteiger partial charge in [0.05, 0.1) is 24.1 Å². The van der Waals surface area contributed by atoms with Gasteiger partial charge >= 0.3 is 0 Å². The number of thiophene rings is 1. The van der Waals surface area contributed by atoms with Crippen LogP contribution in [0.2, 0.25) is 4.34 Å². The number of nitrogens with zero attached hydrogens (tertiary/aromatic N) is 3. The van der Waals surface area contributed by atoms with Crippen molar-refractivity contribution in [3.05, 3.63) is 45.2 Å². The summed E-state index contributed by atoms with van der Waals surface area (Å²) >= 11 is 7.33. The Kier molecular flexibility index (Phi) is 7.90. The van der Waals surface area contributed by atoms with E-state index < -0.39 is 6.10 Å². The van der Waals surface area contributed by atoms with Gasteiger partial charge in [0, 0.05) is 42.8 Å². The molecule has 0 amide bonds. The fraction of sp³-hybridized carbons (Fsp3) is 0.474. The highest BCUT2D eigenvalue weighted by Crippen LogP contribution is 2.26. The van der Waals surface area contributed by atoms with Gasteiger partial charge in [-0.15, -0.1) is 11.3 Å². The minimum atomic E-state index is -0.636. The molecule has 2 aromatic rings. The molecule has 1 aliphatic heterocycles. The Morgan fingerprint density at radius 1 is 1.36 bits per heavy atom. The van der Waals surface area contributed by atoms with Crippen LogP contribution in [0.15, 0.2) is 35.5 Å². The van der Waals surface area contributed by atoms with Crippen LogP contribution >= 0.6 is 22.9 Å². The molecule has 1 aliphatic rings. The number of pyridine rings is 1. The maximum absolute atomic E-state index is 10.3. The molecular formula is C19H26ClN5O2S. The summed E-state index contributed by atoms with van der Waals surface area (Å²) in [5, 5.41) is 16.7. The molecule has 152 valence electrons. The molecule has 1 atom stereocenters. The average Bonchev–Trinajstić information content (AvgIpc) is 3.17. The van der Waals surface area contributed by atoms with Crippen LogP contribution in [0, 0.1) is 0 Å². The van der Waals surface area contributed by atoms with Gasteiger partial charge < -0.3 is 25.4 Å². The first-order valence-electron chi connectivity index (χ1n) is 9.39. The molecule has 7 nitrogen and oxygen atoms in total. The van der Waals surface area contributed by atoms with Crippen LogP contribution in [0.5, 0.6) is 0 Å². The van der Waals surface area contributed by atoms with Crippen molar-refractivity contribution in [3.8, 4) is 0 Å². The summed E-state index contributed by atoms with van der Waals surface area (Å²) in [7, 11) is 0. The normalized spacial score (nSPS) is 16.1. The number of rotatable bonds is 7. The maximum atomic E-state index is 10.3. The SMILES string of the molecule is CCNC(=NCc1cccnc1N1CCOCC1)NCC(O)c1ccc(Cl)s1. The van der Waals surface area contributed by atoms with Gasteiger partial charge in [-0.3, -0.25) is 0 Å². The summed E-state index contributed by atoms with van der Waals surface area (Å²) in [5.74, 6) is 1.61. The van der Waals surface area contributed by atoms with Gasteiger partial charge in [0.15, 0.2) is 5.96 Å². The third-order valence-corrected chi connectivity index (χ3v) is 5.65. The number of ether oxygens (including phenoxy) is 1. The smallest absolute Gasteiger partial charge is 0.191 e. The summed E-state index contributed by atoms with van der Waals surface area (Å²) in [6.07, 6.45) is 1.17. The molecule has 0 saturated carbocycles. The number of nitrogens with one attached hydrogen (secondary N) is 2. The van der Waals surface area contributed by atoms with Gasteiger partial charge in [-0.05, 0) is 25.1 Å². The third-order valence-electron chi connectivity index (χ3n) is 4.32. The molecule has 0 radical (unpaired) electrons. The number of anilines is 1. The first kappa shape index (κ1) is 20.9. The van der Waals surface area contributed by atoms with Crippen LogP contribution in [0.3, 0.4) is 0 Å². The molecular weight excluding hydrogens is 398 g/mol. The van der Waals surface area contributed by atoms with E-state index >= 15 is 0 Å². The van der Waals surface area contributed by atoms with Crippen LogP contribution in [-0.4, -0.2) is 55.4 Å². The van der Waals surface area contributed by atoms with E-state index in [2.05, 4.69) is 25.5 Å². The number of guanidine groups is 1. The summed E-state index contributed by atoms with van der Waals surface area (Å²) < 4.78 is 6.10. The summed E-state index contributed by atoms with van der Waals surface area (Å²) in [5.41, 5.74) is 1.06. The Balaban J connectivity index is 1.64. The summed E-state index contributed by atoms with van der Waals surface area (Å²) in [4.78, 5) is 12.3. The molecule has 1 fully saturated rings. The van der Waals surface area contributed by atoms with Gasteiger partial charge in [0.2, 0.25) is 0 Å². The Morgan fingerprint density at radius 2 is 2.18 bits per heavy atom. The molecule has 3 rings (SSSR count). The molecule has 1 saturated heterocycles. The van der Waals surface area contributed by atoms with Crippen LogP contribution in [0.4, 0.5) is 5.82 Å². The molecule has 3 heterocycles. The Morgan fingerprint density at radius 3 is 2.89 bits per heavy atom. The number of hydrogen-bond acceptors (Lipinski definition) is 6. The quantitative estimate of drug-likeness (QED) is 0.468. The lowest BCUT2D eigenvalue weighted by molar-refractivity contribution is 0.122. The van der Waals surface area contributed by atoms with Gasteiger partial charge in [0.25, 0.3) is 0 Å². The zero-order chi connectivity index (χ0) is 19.8. The maximum Gasteiger partial charge on any atom is 0.191 e. The van der Waals surface area contributed by atoms with Crippen molar-refractivity contribution in [2.45, 2.75) is 19.6 Å². The van der Waals surface area contributed by atoms with Crippen molar-refractivity contribution < 1.29 is 9.84 Å². The second kappa shape index (κ2) is 10.6. The number of aliphatic imine (C=N–C) groups is 1. The second-order valence-electron chi connectivity index (χ2n) is 6.32. The van der Waals surface area contributed by atoms with E-state index in [0.717, 1.165) is 35.9 Å². The Bertz CT molecular complexity index is 779. The van der Waals surface area contributed by atoms with Crippen molar-refractivity contribution in [2.24, 2.45) is 4.99 Å². The first-order chi connectivity index (χ1) is 13.7. The summed E-state index contributed by atoms with van der Waals surface area (Å²) in [6, 6.07) is 7.61. The molecule has 0 spiro atoms. The predicted octanol–water partition coefficient (Wildman–Crippen LogP) is 2.42. The van der Waals surface area contributed by atoms with Gasteiger partial charge in [-0.2, -0.15) is 0 Å². The van der Waals surface area contributed by atoms with Crippen molar-refractivity contribution in [1.29, 1.82) is 0 Å².